The lowest BCUT2D eigenvalue weighted by atomic mass is 10.1. The molecule has 2 atom stereocenters. The molecule has 2 fully saturated rings. The summed E-state index contributed by atoms with van der Waals surface area (Å²) in [6, 6.07) is 10.7. The average molecular weight is 356 g/mol. The molecular formula is C20H28N4O2. The molecule has 26 heavy (non-hydrogen) atoms. The molecule has 2 aliphatic heterocycles. The molecule has 140 valence electrons. The quantitative estimate of drug-likeness (QED) is 0.897. The number of morpholine rings is 1. The van der Waals surface area contributed by atoms with E-state index >= 15 is 0 Å². The van der Waals surface area contributed by atoms with Gasteiger partial charge in [-0.15, -0.1) is 0 Å². The smallest absolute Gasteiger partial charge is 0.0834 e. The molecule has 0 bridgehead atoms. The fourth-order valence-electron chi connectivity index (χ4n) is 4.21. The van der Waals surface area contributed by atoms with Crippen molar-refractivity contribution in [1.82, 2.24) is 19.6 Å². The van der Waals surface area contributed by atoms with Gasteiger partial charge in [0.2, 0.25) is 0 Å². The molecule has 2 aliphatic rings. The van der Waals surface area contributed by atoms with Crippen LogP contribution in [0, 0.1) is 13.8 Å². The monoisotopic (exact) mass is 356 g/mol. The van der Waals surface area contributed by atoms with Crippen molar-refractivity contribution in [2.75, 3.05) is 39.4 Å². The number of para-hydroxylation sites is 1. The number of aryl methyl sites for hydroxylation is 2. The minimum Gasteiger partial charge on any atom is -0.390 e. The Hall–Kier alpha value is -1.73. The molecule has 1 aromatic heterocycles. The molecule has 0 spiro atoms. The highest BCUT2D eigenvalue weighted by Gasteiger charge is 2.36. The molecular weight excluding hydrogens is 328 g/mol. The maximum Gasteiger partial charge on any atom is 0.0834 e. The number of hydrogen-bond donors (Lipinski definition) is 1. The van der Waals surface area contributed by atoms with Crippen molar-refractivity contribution < 1.29 is 9.84 Å². The van der Waals surface area contributed by atoms with Crippen LogP contribution in [0.2, 0.25) is 0 Å². The number of aliphatic hydroxyl groups excluding tert-OH is 1. The first kappa shape index (κ1) is 17.7. The lowest BCUT2D eigenvalue weighted by molar-refractivity contribution is -0.00618. The Kier molecular flexibility index (Phi) is 5.09. The van der Waals surface area contributed by atoms with Crippen molar-refractivity contribution in [1.29, 1.82) is 0 Å². The van der Waals surface area contributed by atoms with Gasteiger partial charge in [0.25, 0.3) is 0 Å². The molecule has 1 aromatic carbocycles. The fraction of sp³-hybridized carbons (Fsp3) is 0.550. The van der Waals surface area contributed by atoms with Crippen molar-refractivity contribution in [3.63, 3.8) is 0 Å². The lowest BCUT2D eigenvalue weighted by Crippen LogP contribution is -2.48. The van der Waals surface area contributed by atoms with Crippen LogP contribution in [0.1, 0.15) is 17.0 Å². The second-order valence-electron chi connectivity index (χ2n) is 7.44. The van der Waals surface area contributed by atoms with Crippen molar-refractivity contribution in [2.24, 2.45) is 0 Å². The molecule has 0 aliphatic carbocycles. The van der Waals surface area contributed by atoms with Gasteiger partial charge in [-0.25, -0.2) is 4.68 Å². The molecule has 4 rings (SSSR count). The van der Waals surface area contributed by atoms with Crippen molar-refractivity contribution in [2.45, 2.75) is 32.5 Å². The summed E-state index contributed by atoms with van der Waals surface area (Å²) in [5.41, 5.74) is 4.54. The number of likely N-dealkylation sites (tertiary alicyclic amines) is 1. The predicted octanol–water partition coefficient (Wildman–Crippen LogP) is 1.37. The fourth-order valence-corrected chi connectivity index (χ4v) is 4.21. The normalized spacial score (nSPS) is 25.0. The van der Waals surface area contributed by atoms with Crippen LogP contribution in [-0.2, 0) is 11.3 Å². The average Bonchev–Trinajstić information content (AvgIpc) is 3.17. The van der Waals surface area contributed by atoms with Gasteiger partial charge in [-0.2, -0.15) is 5.10 Å². The Morgan fingerprint density at radius 3 is 2.65 bits per heavy atom. The van der Waals surface area contributed by atoms with Gasteiger partial charge in [0.05, 0.1) is 30.7 Å². The maximum absolute atomic E-state index is 10.6. The summed E-state index contributed by atoms with van der Waals surface area (Å²) in [7, 11) is 0. The molecule has 1 N–H and O–H groups in total. The van der Waals surface area contributed by atoms with Gasteiger partial charge in [0.15, 0.2) is 0 Å². The highest BCUT2D eigenvalue weighted by molar-refractivity contribution is 5.42. The van der Waals surface area contributed by atoms with Crippen LogP contribution < -0.4 is 0 Å². The third-order valence-corrected chi connectivity index (χ3v) is 5.47. The molecule has 2 saturated heterocycles. The zero-order valence-corrected chi connectivity index (χ0v) is 15.6. The Morgan fingerprint density at radius 2 is 1.92 bits per heavy atom. The summed E-state index contributed by atoms with van der Waals surface area (Å²) in [4.78, 5) is 4.73. The van der Waals surface area contributed by atoms with Crippen molar-refractivity contribution in [3.05, 3.63) is 47.3 Å². The van der Waals surface area contributed by atoms with E-state index in [2.05, 4.69) is 52.2 Å². The largest absolute Gasteiger partial charge is 0.390 e. The molecule has 0 saturated carbocycles. The van der Waals surface area contributed by atoms with Gasteiger partial charge in [-0.05, 0) is 31.5 Å². The second-order valence-corrected chi connectivity index (χ2v) is 7.44. The molecule has 0 amide bonds. The minimum atomic E-state index is -0.297. The number of nitrogens with zero attached hydrogens (tertiary/aromatic N) is 4. The standard InChI is InChI=1S/C20H28N4O2/c1-15-11-16(2)24(21-15)18-6-4-3-5-17(18)12-22-13-19(20(25)14-22)23-7-9-26-10-8-23/h3-6,11,19-20,25H,7-10,12-14H2,1-2H3/t19-,20-/m0/s1. The predicted molar refractivity (Wildman–Crippen MR) is 101 cm³/mol. The summed E-state index contributed by atoms with van der Waals surface area (Å²) in [5, 5.41) is 15.2. The summed E-state index contributed by atoms with van der Waals surface area (Å²) < 4.78 is 7.47. The van der Waals surface area contributed by atoms with E-state index in [-0.39, 0.29) is 12.1 Å². The van der Waals surface area contributed by atoms with Crippen LogP contribution >= 0.6 is 0 Å². The molecule has 6 nitrogen and oxygen atoms in total. The Labute approximate surface area is 155 Å². The molecule has 3 heterocycles. The van der Waals surface area contributed by atoms with Crippen LogP contribution in [0.3, 0.4) is 0 Å². The summed E-state index contributed by atoms with van der Waals surface area (Å²) in [6.45, 7) is 9.91. The summed E-state index contributed by atoms with van der Waals surface area (Å²) >= 11 is 0. The van der Waals surface area contributed by atoms with Gasteiger partial charge in [0, 0.05) is 44.5 Å². The SMILES string of the molecule is Cc1cc(C)n(-c2ccccc2CN2C[C@H](O)[C@@H](N3CCOCC3)C2)n1. The van der Waals surface area contributed by atoms with Gasteiger partial charge < -0.3 is 9.84 Å². The highest BCUT2D eigenvalue weighted by Crippen LogP contribution is 2.23. The zero-order chi connectivity index (χ0) is 18.1. The van der Waals surface area contributed by atoms with Crippen LogP contribution in [0.4, 0.5) is 0 Å². The third kappa shape index (κ3) is 3.55. The van der Waals surface area contributed by atoms with Crippen LogP contribution in [0.5, 0.6) is 0 Å². The highest BCUT2D eigenvalue weighted by atomic mass is 16.5. The Balaban J connectivity index is 1.51. The van der Waals surface area contributed by atoms with Gasteiger partial charge in [0.1, 0.15) is 0 Å². The Bertz CT molecular complexity index is 754. The van der Waals surface area contributed by atoms with E-state index in [0.29, 0.717) is 6.54 Å². The summed E-state index contributed by atoms with van der Waals surface area (Å²) in [5.74, 6) is 0. The molecule has 0 unspecified atom stereocenters. The van der Waals surface area contributed by atoms with Crippen LogP contribution in [-0.4, -0.2) is 76.2 Å². The van der Waals surface area contributed by atoms with Crippen molar-refractivity contribution >= 4 is 0 Å². The van der Waals surface area contributed by atoms with E-state index in [1.54, 1.807) is 0 Å². The first-order chi connectivity index (χ1) is 12.6. The van der Waals surface area contributed by atoms with E-state index in [9.17, 15) is 5.11 Å². The van der Waals surface area contributed by atoms with Gasteiger partial charge in [-0.1, -0.05) is 18.2 Å². The van der Waals surface area contributed by atoms with Crippen LogP contribution in [0.25, 0.3) is 5.69 Å². The number of aliphatic hydroxyl groups is 1. The number of rotatable bonds is 4. The lowest BCUT2D eigenvalue weighted by Gasteiger charge is -2.33. The number of hydrogen-bond acceptors (Lipinski definition) is 5. The Morgan fingerprint density at radius 1 is 1.15 bits per heavy atom. The first-order valence-corrected chi connectivity index (χ1v) is 9.45. The van der Waals surface area contributed by atoms with E-state index in [1.807, 2.05) is 11.6 Å². The van der Waals surface area contributed by atoms with Crippen molar-refractivity contribution in [3.8, 4) is 5.69 Å². The zero-order valence-electron chi connectivity index (χ0n) is 15.6. The maximum atomic E-state index is 10.6. The molecule has 0 radical (unpaired) electrons. The van der Waals surface area contributed by atoms with Gasteiger partial charge >= 0.3 is 0 Å². The molecule has 2 aromatic rings. The second kappa shape index (κ2) is 7.48. The van der Waals surface area contributed by atoms with E-state index in [4.69, 9.17) is 4.74 Å². The third-order valence-electron chi connectivity index (χ3n) is 5.47. The number of ether oxygens (including phenoxy) is 1. The van der Waals surface area contributed by atoms with Crippen LogP contribution in [0.15, 0.2) is 30.3 Å². The first-order valence-electron chi connectivity index (χ1n) is 9.45. The minimum absolute atomic E-state index is 0.208. The van der Waals surface area contributed by atoms with E-state index in [1.165, 1.54) is 5.56 Å². The number of aromatic nitrogens is 2. The summed E-state index contributed by atoms with van der Waals surface area (Å²) in [6.07, 6.45) is -0.297. The number of benzene rings is 1. The number of β-amino-alcohol motifs (C(OH)–C–C–N with tert-alkyl or cyclic N) is 1. The van der Waals surface area contributed by atoms with E-state index < -0.39 is 0 Å². The topological polar surface area (TPSA) is 53.8 Å². The van der Waals surface area contributed by atoms with E-state index in [0.717, 1.165) is 56.5 Å². The molecule has 6 heteroatoms. The van der Waals surface area contributed by atoms with Gasteiger partial charge in [-0.3, -0.25) is 9.80 Å².